The van der Waals surface area contributed by atoms with Gasteiger partial charge >= 0.3 is 0 Å². The first kappa shape index (κ1) is 12.6. The van der Waals surface area contributed by atoms with Gasteiger partial charge < -0.3 is 10.5 Å². The summed E-state index contributed by atoms with van der Waals surface area (Å²) in [7, 11) is 1.74. The topological polar surface area (TPSA) is 38.5 Å². The highest BCUT2D eigenvalue weighted by Gasteiger charge is 2.05. The maximum absolute atomic E-state index is 5.58. The SMILES string of the molecule is CCN(CCOC)Cc1ccc(CN)s1. The fourth-order valence-electron chi connectivity index (χ4n) is 1.41. The van der Waals surface area contributed by atoms with Crippen molar-refractivity contribution >= 4 is 11.3 Å². The third kappa shape index (κ3) is 4.30. The Morgan fingerprint density at radius 3 is 2.67 bits per heavy atom. The molecule has 86 valence electrons. The van der Waals surface area contributed by atoms with Crippen LogP contribution in [0.5, 0.6) is 0 Å². The fourth-order valence-corrected chi connectivity index (χ4v) is 2.35. The highest BCUT2D eigenvalue weighted by atomic mass is 32.1. The molecule has 2 N–H and O–H groups in total. The van der Waals surface area contributed by atoms with Crippen LogP contribution in [0.1, 0.15) is 16.7 Å². The maximum atomic E-state index is 5.58. The molecule has 0 amide bonds. The van der Waals surface area contributed by atoms with Crippen LogP contribution in [0.25, 0.3) is 0 Å². The third-order valence-electron chi connectivity index (χ3n) is 2.36. The highest BCUT2D eigenvalue weighted by molar-refractivity contribution is 7.11. The van der Waals surface area contributed by atoms with Crippen LogP contribution in [-0.4, -0.2) is 31.7 Å². The Morgan fingerprint density at radius 2 is 2.13 bits per heavy atom. The lowest BCUT2D eigenvalue weighted by Crippen LogP contribution is -2.26. The van der Waals surface area contributed by atoms with E-state index < -0.39 is 0 Å². The van der Waals surface area contributed by atoms with E-state index >= 15 is 0 Å². The van der Waals surface area contributed by atoms with E-state index in [-0.39, 0.29) is 0 Å². The van der Waals surface area contributed by atoms with E-state index in [4.69, 9.17) is 10.5 Å². The Morgan fingerprint density at radius 1 is 1.40 bits per heavy atom. The van der Waals surface area contributed by atoms with E-state index in [0.29, 0.717) is 6.54 Å². The van der Waals surface area contributed by atoms with Gasteiger partial charge in [-0.05, 0) is 18.7 Å². The molecule has 0 aliphatic rings. The minimum absolute atomic E-state index is 0.648. The predicted molar refractivity (Wildman–Crippen MR) is 65.0 cm³/mol. The summed E-state index contributed by atoms with van der Waals surface area (Å²) in [6.07, 6.45) is 0. The second-order valence-corrected chi connectivity index (χ2v) is 4.69. The summed E-state index contributed by atoms with van der Waals surface area (Å²) in [6, 6.07) is 4.28. The summed E-state index contributed by atoms with van der Waals surface area (Å²) in [4.78, 5) is 5.01. The molecular formula is C11H20N2OS. The van der Waals surface area contributed by atoms with Crippen LogP contribution in [0, 0.1) is 0 Å². The average Bonchev–Trinajstić information content (AvgIpc) is 2.71. The largest absolute Gasteiger partial charge is 0.383 e. The van der Waals surface area contributed by atoms with Crippen molar-refractivity contribution in [1.29, 1.82) is 0 Å². The molecule has 3 nitrogen and oxygen atoms in total. The number of likely N-dealkylation sites (N-methyl/N-ethyl adjacent to an activating group) is 1. The molecule has 1 rings (SSSR count). The van der Waals surface area contributed by atoms with E-state index in [2.05, 4.69) is 24.0 Å². The minimum Gasteiger partial charge on any atom is -0.383 e. The van der Waals surface area contributed by atoms with Crippen LogP contribution in [-0.2, 0) is 17.8 Å². The van der Waals surface area contributed by atoms with Crippen LogP contribution in [0.15, 0.2) is 12.1 Å². The molecule has 1 heterocycles. The quantitative estimate of drug-likeness (QED) is 0.771. The smallest absolute Gasteiger partial charge is 0.0589 e. The number of hydrogen-bond donors (Lipinski definition) is 1. The first-order valence-electron chi connectivity index (χ1n) is 5.29. The zero-order valence-electron chi connectivity index (χ0n) is 9.53. The molecule has 0 saturated carbocycles. The van der Waals surface area contributed by atoms with Gasteiger partial charge in [0.05, 0.1) is 6.61 Å². The summed E-state index contributed by atoms with van der Waals surface area (Å²) in [5.41, 5.74) is 5.58. The monoisotopic (exact) mass is 228 g/mol. The average molecular weight is 228 g/mol. The van der Waals surface area contributed by atoms with Crippen molar-refractivity contribution in [1.82, 2.24) is 4.90 Å². The Labute approximate surface area is 95.8 Å². The summed E-state index contributed by atoms with van der Waals surface area (Å²) >= 11 is 1.80. The molecule has 0 saturated heterocycles. The molecule has 15 heavy (non-hydrogen) atoms. The number of rotatable bonds is 7. The van der Waals surface area contributed by atoms with Gasteiger partial charge in [0.1, 0.15) is 0 Å². The van der Waals surface area contributed by atoms with Gasteiger partial charge in [-0.15, -0.1) is 11.3 Å². The molecular weight excluding hydrogens is 208 g/mol. The van der Waals surface area contributed by atoms with Crippen molar-refractivity contribution < 1.29 is 4.74 Å². The lowest BCUT2D eigenvalue weighted by atomic mass is 10.4. The fraction of sp³-hybridized carbons (Fsp3) is 0.636. The second kappa shape index (κ2) is 6.95. The molecule has 0 aliphatic heterocycles. The molecule has 0 radical (unpaired) electrons. The Kier molecular flexibility index (Phi) is 5.86. The van der Waals surface area contributed by atoms with Crippen molar-refractivity contribution in [2.45, 2.75) is 20.0 Å². The molecule has 4 heteroatoms. The van der Waals surface area contributed by atoms with E-state index in [1.165, 1.54) is 9.75 Å². The van der Waals surface area contributed by atoms with Crippen LogP contribution in [0.2, 0.25) is 0 Å². The van der Waals surface area contributed by atoms with Crippen molar-refractivity contribution in [3.8, 4) is 0 Å². The summed E-state index contributed by atoms with van der Waals surface area (Å²) in [5, 5.41) is 0. The van der Waals surface area contributed by atoms with Gasteiger partial charge in [0, 0.05) is 36.5 Å². The van der Waals surface area contributed by atoms with E-state index in [1.54, 1.807) is 18.4 Å². The molecule has 0 aromatic carbocycles. The van der Waals surface area contributed by atoms with Gasteiger partial charge in [-0.1, -0.05) is 6.92 Å². The van der Waals surface area contributed by atoms with Crippen molar-refractivity contribution in [3.63, 3.8) is 0 Å². The van der Waals surface area contributed by atoms with Crippen molar-refractivity contribution in [2.24, 2.45) is 5.73 Å². The standard InChI is InChI=1S/C11H20N2OS/c1-3-13(6-7-14-2)9-11-5-4-10(8-12)15-11/h4-5H,3,6-9,12H2,1-2H3. The first-order chi connectivity index (χ1) is 7.30. The molecule has 0 atom stereocenters. The maximum Gasteiger partial charge on any atom is 0.0589 e. The molecule has 0 bridgehead atoms. The van der Waals surface area contributed by atoms with Gasteiger partial charge in [-0.3, -0.25) is 4.90 Å². The van der Waals surface area contributed by atoms with Crippen molar-refractivity contribution in [2.75, 3.05) is 26.8 Å². The van der Waals surface area contributed by atoms with E-state index in [1.807, 2.05) is 0 Å². The van der Waals surface area contributed by atoms with Gasteiger partial charge in [0.15, 0.2) is 0 Å². The molecule has 1 aromatic heterocycles. The van der Waals surface area contributed by atoms with Crippen molar-refractivity contribution in [3.05, 3.63) is 21.9 Å². The summed E-state index contributed by atoms with van der Waals surface area (Å²) < 4.78 is 5.08. The number of methoxy groups -OCH3 is 1. The van der Waals surface area contributed by atoms with Crippen LogP contribution in [0.3, 0.4) is 0 Å². The van der Waals surface area contributed by atoms with Crippen LogP contribution in [0.4, 0.5) is 0 Å². The van der Waals surface area contributed by atoms with Gasteiger partial charge in [0.25, 0.3) is 0 Å². The number of thiophene rings is 1. The molecule has 0 unspecified atom stereocenters. The highest BCUT2D eigenvalue weighted by Crippen LogP contribution is 2.17. The Bertz CT molecular complexity index is 275. The molecule has 1 aromatic rings. The zero-order valence-corrected chi connectivity index (χ0v) is 10.3. The Balaban J connectivity index is 2.43. The number of nitrogens with zero attached hydrogens (tertiary/aromatic N) is 1. The normalized spacial score (nSPS) is 11.2. The van der Waals surface area contributed by atoms with E-state index in [0.717, 1.165) is 26.2 Å². The van der Waals surface area contributed by atoms with E-state index in [9.17, 15) is 0 Å². The number of ether oxygens (including phenoxy) is 1. The number of nitrogens with two attached hydrogens (primary N) is 1. The van der Waals surface area contributed by atoms with Gasteiger partial charge in [-0.25, -0.2) is 0 Å². The van der Waals surface area contributed by atoms with Gasteiger partial charge in [-0.2, -0.15) is 0 Å². The Hall–Kier alpha value is -0.420. The lowest BCUT2D eigenvalue weighted by Gasteiger charge is -2.18. The first-order valence-corrected chi connectivity index (χ1v) is 6.10. The van der Waals surface area contributed by atoms with Crippen LogP contribution >= 0.6 is 11.3 Å². The summed E-state index contributed by atoms with van der Waals surface area (Å²) in [5.74, 6) is 0. The lowest BCUT2D eigenvalue weighted by molar-refractivity contribution is 0.148. The predicted octanol–water partition coefficient (Wildman–Crippen LogP) is 1.68. The molecule has 0 spiro atoms. The third-order valence-corrected chi connectivity index (χ3v) is 3.45. The molecule has 0 fully saturated rings. The second-order valence-electron chi connectivity index (χ2n) is 3.43. The molecule has 0 aliphatic carbocycles. The summed E-state index contributed by atoms with van der Waals surface area (Å²) in [6.45, 7) is 6.66. The zero-order chi connectivity index (χ0) is 11.1. The van der Waals surface area contributed by atoms with Crippen LogP contribution < -0.4 is 5.73 Å². The minimum atomic E-state index is 0.648. The van der Waals surface area contributed by atoms with Gasteiger partial charge in [0.2, 0.25) is 0 Å². The number of hydrogen-bond acceptors (Lipinski definition) is 4.